The monoisotopic (exact) mass is 354 g/mol. The molecule has 0 bridgehead atoms. The highest BCUT2D eigenvalue weighted by atomic mass is 35.5. The number of hydrogen-bond donors (Lipinski definition) is 1. The van der Waals surface area contributed by atoms with Crippen molar-refractivity contribution in [3.05, 3.63) is 59.2 Å². The molecule has 120 valence electrons. The van der Waals surface area contributed by atoms with E-state index in [0.29, 0.717) is 5.25 Å². The number of halogens is 1. The van der Waals surface area contributed by atoms with Crippen LogP contribution in [0.3, 0.4) is 0 Å². The summed E-state index contributed by atoms with van der Waals surface area (Å²) in [6, 6.07) is 8.10. The summed E-state index contributed by atoms with van der Waals surface area (Å²) in [5, 5.41) is 1.42. The van der Waals surface area contributed by atoms with Crippen LogP contribution in [0.5, 0.6) is 0 Å². The summed E-state index contributed by atoms with van der Waals surface area (Å²) in [5.74, 6) is 1.01. The molecule has 1 fully saturated rings. The van der Waals surface area contributed by atoms with E-state index in [2.05, 4.69) is 23.6 Å². The maximum Gasteiger partial charge on any atom is 0.0451 e. The van der Waals surface area contributed by atoms with Crippen LogP contribution in [0.25, 0.3) is 0 Å². The van der Waals surface area contributed by atoms with Crippen molar-refractivity contribution < 1.29 is 0 Å². The molecule has 0 amide bonds. The molecule has 0 saturated carbocycles. The van der Waals surface area contributed by atoms with E-state index in [9.17, 15) is 0 Å². The maximum absolute atomic E-state index is 6.28. The summed E-state index contributed by atoms with van der Waals surface area (Å²) in [6.07, 6.45) is 5.22. The molecule has 1 heterocycles. The fourth-order valence-electron chi connectivity index (χ4n) is 2.53. The first kappa shape index (κ1) is 18.0. The Labute approximate surface area is 146 Å². The Balaban J connectivity index is 1.96. The Morgan fingerprint density at radius 2 is 2.23 bits per heavy atom. The smallest absolute Gasteiger partial charge is 0.0451 e. The van der Waals surface area contributed by atoms with Gasteiger partial charge < -0.3 is 5.73 Å². The normalized spacial score (nSPS) is 21.2. The maximum atomic E-state index is 6.28. The Hall–Kier alpha value is -0.390. The SMILES string of the molecule is C=C/C=C1/CN(Cc2ccccc2Cl)CCC1SSCCN. The molecule has 1 aliphatic rings. The molecule has 1 unspecified atom stereocenters. The van der Waals surface area contributed by atoms with Gasteiger partial charge in [0.15, 0.2) is 0 Å². The molecule has 0 spiro atoms. The van der Waals surface area contributed by atoms with Gasteiger partial charge in [-0.1, -0.05) is 70.1 Å². The molecule has 5 heteroatoms. The molecule has 1 atom stereocenters. The second-order valence-electron chi connectivity index (χ2n) is 5.26. The number of hydrogen-bond acceptors (Lipinski definition) is 4. The number of allylic oxidation sites excluding steroid dienone is 2. The minimum atomic E-state index is 0.567. The van der Waals surface area contributed by atoms with Gasteiger partial charge in [0.05, 0.1) is 0 Å². The van der Waals surface area contributed by atoms with Crippen LogP contribution in [0.1, 0.15) is 12.0 Å². The fraction of sp³-hybridized carbons (Fsp3) is 0.412. The van der Waals surface area contributed by atoms with Crippen molar-refractivity contribution in [2.45, 2.75) is 18.2 Å². The van der Waals surface area contributed by atoms with Gasteiger partial charge in [0.25, 0.3) is 0 Å². The van der Waals surface area contributed by atoms with Gasteiger partial charge in [-0.2, -0.15) is 0 Å². The average Bonchev–Trinajstić information content (AvgIpc) is 2.52. The highest BCUT2D eigenvalue weighted by molar-refractivity contribution is 8.77. The summed E-state index contributed by atoms with van der Waals surface area (Å²) < 4.78 is 0. The number of likely N-dealkylation sites (tertiary alicyclic amines) is 1. The average molecular weight is 355 g/mol. The molecule has 1 saturated heterocycles. The molecule has 22 heavy (non-hydrogen) atoms. The lowest BCUT2D eigenvalue weighted by Gasteiger charge is -2.34. The fourth-order valence-corrected chi connectivity index (χ4v) is 5.29. The van der Waals surface area contributed by atoms with Gasteiger partial charge in [-0.05, 0) is 23.6 Å². The van der Waals surface area contributed by atoms with Crippen LogP contribution < -0.4 is 5.73 Å². The third kappa shape index (κ3) is 5.36. The largest absolute Gasteiger partial charge is 0.330 e. The van der Waals surface area contributed by atoms with E-state index in [4.69, 9.17) is 17.3 Å². The van der Waals surface area contributed by atoms with E-state index in [1.165, 1.54) is 11.1 Å². The zero-order valence-electron chi connectivity index (χ0n) is 12.7. The number of nitrogens with zero attached hydrogens (tertiary/aromatic N) is 1. The first-order valence-corrected chi connectivity index (χ1v) is 10.3. The lowest BCUT2D eigenvalue weighted by atomic mass is 10.0. The van der Waals surface area contributed by atoms with Crippen molar-refractivity contribution in [3.63, 3.8) is 0 Å². The lowest BCUT2D eigenvalue weighted by Crippen LogP contribution is -2.36. The van der Waals surface area contributed by atoms with E-state index in [1.807, 2.05) is 45.9 Å². The molecule has 2 nitrogen and oxygen atoms in total. The Kier molecular flexibility index (Phi) is 7.90. The van der Waals surface area contributed by atoms with Gasteiger partial charge in [0.1, 0.15) is 0 Å². The van der Waals surface area contributed by atoms with Crippen molar-refractivity contribution >= 4 is 33.2 Å². The molecule has 0 aliphatic carbocycles. The Morgan fingerprint density at radius 1 is 1.41 bits per heavy atom. The Morgan fingerprint density at radius 3 is 2.95 bits per heavy atom. The van der Waals surface area contributed by atoms with Crippen LogP contribution in [-0.4, -0.2) is 35.5 Å². The van der Waals surface area contributed by atoms with Crippen molar-refractivity contribution in [3.8, 4) is 0 Å². The van der Waals surface area contributed by atoms with Crippen molar-refractivity contribution in [1.29, 1.82) is 0 Å². The molecule has 2 N–H and O–H groups in total. The zero-order chi connectivity index (χ0) is 15.8. The molecule has 1 aromatic rings. The van der Waals surface area contributed by atoms with Gasteiger partial charge in [-0.3, -0.25) is 4.90 Å². The number of rotatable bonds is 7. The van der Waals surface area contributed by atoms with Crippen LogP contribution in [0, 0.1) is 0 Å². The van der Waals surface area contributed by atoms with Gasteiger partial charge in [0.2, 0.25) is 0 Å². The molecule has 0 aromatic heterocycles. The quantitative estimate of drug-likeness (QED) is 0.581. The van der Waals surface area contributed by atoms with Crippen LogP contribution in [0.15, 0.2) is 48.6 Å². The summed E-state index contributed by atoms with van der Waals surface area (Å²) in [5.41, 5.74) is 8.22. The number of nitrogens with two attached hydrogens (primary N) is 1. The minimum absolute atomic E-state index is 0.567. The van der Waals surface area contributed by atoms with Gasteiger partial charge in [-0.25, -0.2) is 0 Å². The number of piperidine rings is 1. The van der Waals surface area contributed by atoms with E-state index in [-0.39, 0.29) is 0 Å². The highest BCUT2D eigenvalue weighted by Gasteiger charge is 2.24. The van der Waals surface area contributed by atoms with Crippen molar-refractivity contribution in [1.82, 2.24) is 4.90 Å². The third-order valence-corrected chi connectivity index (χ3v) is 6.88. The molecule has 1 aliphatic heterocycles. The second kappa shape index (κ2) is 9.68. The van der Waals surface area contributed by atoms with Crippen LogP contribution in [0.4, 0.5) is 0 Å². The predicted octanol–water partition coefficient (Wildman–Crippen LogP) is 4.37. The van der Waals surface area contributed by atoms with E-state index >= 15 is 0 Å². The summed E-state index contributed by atoms with van der Waals surface area (Å²) >= 11 is 6.28. The topological polar surface area (TPSA) is 29.3 Å². The lowest BCUT2D eigenvalue weighted by molar-refractivity contribution is 0.261. The molecular weight excluding hydrogens is 332 g/mol. The third-order valence-electron chi connectivity index (χ3n) is 3.60. The van der Waals surface area contributed by atoms with Gasteiger partial charge in [-0.15, -0.1) is 0 Å². The van der Waals surface area contributed by atoms with Crippen LogP contribution in [0.2, 0.25) is 5.02 Å². The van der Waals surface area contributed by atoms with Gasteiger partial charge >= 0.3 is 0 Å². The predicted molar refractivity (Wildman–Crippen MR) is 103 cm³/mol. The van der Waals surface area contributed by atoms with Gasteiger partial charge in [0, 0.05) is 42.2 Å². The summed E-state index contributed by atoms with van der Waals surface area (Å²) in [4.78, 5) is 2.46. The second-order valence-corrected chi connectivity index (χ2v) is 8.36. The first-order chi connectivity index (χ1) is 10.7. The van der Waals surface area contributed by atoms with Crippen molar-refractivity contribution in [2.75, 3.05) is 25.4 Å². The van der Waals surface area contributed by atoms with E-state index < -0.39 is 0 Å². The summed E-state index contributed by atoms with van der Waals surface area (Å²) in [7, 11) is 3.82. The minimum Gasteiger partial charge on any atom is -0.330 e. The first-order valence-electron chi connectivity index (χ1n) is 7.50. The molecule has 0 radical (unpaired) electrons. The Bertz CT molecular complexity index is 519. The van der Waals surface area contributed by atoms with Crippen LogP contribution in [-0.2, 0) is 6.54 Å². The number of benzene rings is 1. The van der Waals surface area contributed by atoms with E-state index in [0.717, 1.165) is 43.4 Å². The molecule has 1 aromatic carbocycles. The highest BCUT2D eigenvalue weighted by Crippen LogP contribution is 2.36. The van der Waals surface area contributed by atoms with Crippen LogP contribution >= 0.6 is 33.2 Å². The van der Waals surface area contributed by atoms with Crippen molar-refractivity contribution in [2.24, 2.45) is 5.73 Å². The standard InChI is InChI=1S/C17H23ClN2S2/c1-2-5-15-13-20(10-8-17(15)22-21-11-9-19)12-14-6-3-4-7-16(14)18/h2-7,17H,1,8-13,19H2/b15-5-. The molecular formula is C17H23ClN2S2. The molecule has 2 rings (SSSR count). The summed E-state index contributed by atoms with van der Waals surface area (Å²) in [6.45, 7) is 7.58. The zero-order valence-corrected chi connectivity index (χ0v) is 15.1. The van der Waals surface area contributed by atoms with E-state index in [1.54, 1.807) is 0 Å².